The van der Waals surface area contributed by atoms with Crippen LogP contribution in [-0.2, 0) is 30.8 Å². The molecule has 0 aromatic heterocycles. The topological polar surface area (TPSA) is 116 Å². The van der Waals surface area contributed by atoms with Gasteiger partial charge in [0.15, 0.2) is 6.61 Å². The van der Waals surface area contributed by atoms with Gasteiger partial charge in [0.05, 0.1) is 17.4 Å². The lowest BCUT2D eigenvalue weighted by molar-refractivity contribution is -0.148. The molecule has 0 saturated carbocycles. The predicted octanol–water partition coefficient (Wildman–Crippen LogP) is 1.44. The molecule has 27 heavy (non-hydrogen) atoms. The van der Waals surface area contributed by atoms with E-state index in [1.165, 1.54) is 48.5 Å². The maximum absolute atomic E-state index is 12.8. The van der Waals surface area contributed by atoms with E-state index >= 15 is 0 Å². The summed E-state index contributed by atoms with van der Waals surface area (Å²) >= 11 is 0. The molecular formula is C18H19FN2O5S. The van der Waals surface area contributed by atoms with Gasteiger partial charge in [-0.1, -0.05) is 24.3 Å². The van der Waals surface area contributed by atoms with Gasteiger partial charge in [-0.05, 0) is 42.3 Å². The Balaban J connectivity index is 1.82. The maximum atomic E-state index is 12.8. The molecule has 7 nitrogen and oxygen atoms in total. The van der Waals surface area contributed by atoms with Crippen LogP contribution in [0.25, 0.3) is 0 Å². The van der Waals surface area contributed by atoms with Crippen LogP contribution in [0.1, 0.15) is 24.1 Å². The molecule has 2 aromatic rings. The summed E-state index contributed by atoms with van der Waals surface area (Å²) in [5.74, 6) is -1.52. The number of primary sulfonamides is 1. The van der Waals surface area contributed by atoms with Gasteiger partial charge in [0.1, 0.15) is 5.82 Å². The molecule has 0 unspecified atom stereocenters. The molecule has 0 radical (unpaired) electrons. The zero-order valence-corrected chi connectivity index (χ0v) is 15.3. The molecule has 2 aromatic carbocycles. The number of hydrogen-bond donors (Lipinski definition) is 2. The molecule has 0 spiro atoms. The highest BCUT2D eigenvalue weighted by Gasteiger charge is 2.14. The molecule has 1 atom stereocenters. The average Bonchev–Trinajstić information content (AvgIpc) is 2.61. The minimum absolute atomic E-state index is 0.0282. The number of sulfonamides is 1. The largest absolute Gasteiger partial charge is 0.455 e. The summed E-state index contributed by atoms with van der Waals surface area (Å²) in [6.45, 7) is 1.24. The third kappa shape index (κ3) is 6.46. The van der Waals surface area contributed by atoms with Crippen molar-refractivity contribution in [1.82, 2.24) is 5.32 Å². The van der Waals surface area contributed by atoms with Crippen LogP contribution in [-0.4, -0.2) is 26.9 Å². The maximum Gasteiger partial charge on any atom is 0.310 e. The average molecular weight is 394 g/mol. The van der Waals surface area contributed by atoms with Crippen LogP contribution in [0.5, 0.6) is 0 Å². The van der Waals surface area contributed by atoms with E-state index in [1.807, 2.05) is 0 Å². The van der Waals surface area contributed by atoms with Gasteiger partial charge in [-0.3, -0.25) is 9.59 Å². The fourth-order valence-electron chi connectivity index (χ4n) is 2.28. The van der Waals surface area contributed by atoms with Gasteiger partial charge in [-0.15, -0.1) is 0 Å². The summed E-state index contributed by atoms with van der Waals surface area (Å²) in [7, 11) is -3.78. The normalized spacial score (nSPS) is 12.3. The zero-order valence-electron chi connectivity index (χ0n) is 14.5. The molecule has 2 rings (SSSR count). The first-order chi connectivity index (χ1) is 12.6. The van der Waals surface area contributed by atoms with Gasteiger partial charge < -0.3 is 10.1 Å². The van der Waals surface area contributed by atoms with E-state index in [2.05, 4.69) is 5.32 Å². The van der Waals surface area contributed by atoms with Crippen LogP contribution in [0.3, 0.4) is 0 Å². The Morgan fingerprint density at radius 2 is 1.70 bits per heavy atom. The Labute approximate surface area is 156 Å². The first-order valence-electron chi connectivity index (χ1n) is 7.97. The molecule has 0 aliphatic rings. The second kappa shape index (κ2) is 8.74. The number of esters is 1. The van der Waals surface area contributed by atoms with Gasteiger partial charge in [-0.25, -0.2) is 17.9 Å². The van der Waals surface area contributed by atoms with E-state index in [0.29, 0.717) is 11.1 Å². The highest BCUT2D eigenvalue weighted by molar-refractivity contribution is 7.89. The molecule has 0 fully saturated rings. The van der Waals surface area contributed by atoms with Crippen LogP contribution in [0.2, 0.25) is 0 Å². The fraction of sp³-hybridized carbons (Fsp3) is 0.222. The summed E-state index contributed by atoms with van der Waals surface area (Å²) in [5.41, 5.74) is 1.23. The van der Waals surface area contributed by atoms with Gasteiger partial charge in [0.25, 0.3) is 5.91 Å². The Morgan fingerprint density at radius 3 is 2.26 bits per heavy atom. The standard InChI is InChI=1S/C18H19FN2O5S/c1-12(14-4-8-16(9-5-14)27(20,24)25)21-17(22)11-26-18(23)10-13-2-6-15(19)7-3-13/h2-9,12H,10-11H2,1H3,(H,21,22)(H2,20,24,25)/t12-/m1/s1. The van der Waals surface area contributed by atoms with E-state index in [1.54, 1.807) is 6.92 Å². The molecule has 3 N–H and O–H groups in total. The number of hydrogen-bond acceptors (Lipinski definition) is 5. The summed E-state index contributed by atoms with van der Waals surface area (Å²) < 4.78 is 40.2. The Morgan fingerprint density at radius 1 is 1.11 bits per heavy atom. The van der Waals surface area contributed by atoms with Crippen molar-refractivity contribution < 1.29 is 27.1 Å². The second-order valence-electron chi connectivity index (χ2n) is 5.87. The van der Waals surface area contributed by atoms with Crippen LogP contribution in [0.15, 0.2) is 53.4 Å². The molecule has 0 heterocycles. The minimum Gasteiger partial charge on any atom is -0.455 e. The molecule has 9 heteroatoms. The zero-order chi connectivity index (χ0) is 20.0. The van der Waals surface area contributed by atoms with Gasteiger partial charge >= 0.3 is 5.97 Å². The van der Waals surface area contributed by atoms with Crippen molar-refractivity contribution in [3.63, 3.8) is 0 Å². The van der Waals surface area contributed by atoms with E-state index in [9.17, 15) is 22.4 Å². The first-order valence-corrected chi connectivity index (χ1v) is 9.52. The van der Waals surface area contributed by atoms with E-state index in [0.717, 1.165) is 0 Å². The van der Waals surface area contributed by atoms with Gasteiger partial charge in [0.2, 0.25) is 10.0 Å². The number of benzene rings is 2. The quantitative estimate of drug-likeness (QED) is 0.690. The van der Waals surface area contributed by atoms with Crippen molar-refractivity contribution in [2.24, 2.45) is 5.14 Å². The van der Waals surface area contributed by atoms with Crippen LogP contribution >= 0.6 is 0 Å². The highest BCUT2D eigenvalue weighted by atomic mass is 32.2. The van der Waals surface area contributed by atoms with Crippen molar-refractivity contribution >= 4 is 21.9 Å². The molecular weight excluding hydrogens is 375 g/mol. The monoisotopic (exact) mass is 394 g/mol. The van der Waals surface area contributed by atoms with Crippen molar-refractivity contribution in [2.75, 3.05) is 6.61 Å². The van der Waals surface area contributed by atoms with Crippen molar-refractivity contribution in [3.05, 3.63) is 65.5 Å². The van der Waals surface area contributed by atoms with Crippen molar-refractivity contribution in [3.8, 4) is 0 Å². The molecule has 1 amide bonds. The van der Waals surface area contributed by atoms with Crippen molar-refractivity contribution in [2.45, 2.75) is 24.3 Å². The Kier molecular flexibility index (Phi) is 6.65. The number of rotatable bonds is 7. The predicted molar refractivity (Wildman–Crippen MR) is 95.4 cm³/mol. The molecule has 0 aliphatic carbocycles. The van der Waals surface area contributed by atoms with Crippen molar-refractivity contribution in [1.29, 1.82) is 0 Å². The fourth-order valence-corrected chi connectivity index (χ4v) is 2.79. The smallest absolute Gasteiger partial charge is 0.310 e. The number of carbonyl (C=O) groups is 2. The summed E-state index contributed by atoms with van der Waals surface area (Å²) in [4.78, 5) is 23.6. The lowest BCUT2D eigenvalue weighted by Gasteiger charge is -2.15. The molecule has 0 bridgehead atoms. The number of carbonyl (C=O) groups excluding carboxylic acids is 2. The third-order valence-electron chi connectivity index (χ3n) is 3.71. The number of amides is 1. The molecule has 0 aliphatic heterocycles. The number of nitrogens with two attached hydrogens (primary N) is 1. The molecule has 144 valence electrons. The first kappa shape index (κ1) is 20.5. The Bertz CT molecular complexity index is 912. The third-order valence-corrected chi connectivity index (χ3v) is 4.64. The highest BCUT2D eigenvalue weighted by Crippen LogP contribution is 2.15. The summed E-state index contributed by atoms with van der Waals surface area (Å²) in [5, 5.41) is 7.66. The Hall–Kier alpha value is -2.78. The van der Waals surface area contributed by atoms with Gasteiger partial charge in [0, 0.05) is 0 Å². The lowest BCUT2D eigenvalue weighted by atomic mass is 10.1. The lowest BCUT2D eigenvalue weighted by Crippen LogP contribution is -2.31. The van der Waals surface area contributed by atoms with Gasteiger partial charge in [-0.2, -0.15) is 0 Å². The van der Waals surface area contributed by atoms with Crippen LogP contribution in [0, 0.1) is 5.82 Å². The van der Waals surface area contributed by atoms with E-state index in [-0.39, 0.29) is 11.3 Å². The molecule has 0 saturated heterocycles. The summed E-state index contributed by atoms with van der Waals surface area (Å²) in [6.07, 6.45) is -0.0713. The van der Waals surface area contributed by atoms with Crippen LogP contribution < -0.4 is 10.5 Å². The number of nitrogens with one attached hydrogen (secondary N) is 1. The number of ether oxygens (including phenoxy) is 1. The minimum atomic E-state index is -3.78. The van der Waals surface area contributed by atoms with E-state index < -0.39 is 40.4 Å². The van der Waals surface area contributed by atoms with E-state index in [4.69, 9.17) is 9.88 Å². The number of halogens is 1. The SMILES string of the molecule is C[C@@H](NC(=O)COC(=O)Cc1ccc(F)cc1)c1ccc(S(N)(=O)=O)cc1. The second-order valence-corrected chi connectivity index (χ2v) is 7.43. The summed E-state index contributed by atoms with van der Waals surface area (Å²) in [6, 6.07) is 10.7. The van der Waals surface area contributed by atoms with Crippen LogP contribution in [0.4, 0.5) is 4.39 Å².